The topological polar surface area (TPSA) is 69.7 Å². The third-order valence-corrected chi connectivity index (χ3v) is 8.57. The van der Waals surface area contributed by atoms with Crippen molar-refractivity contribution in [2.75, 3.05) is 13.1 Å². The lowest BCUT2D eigenvalue weighted by Crippen LogP contribution is -2.52. The Morgan fingerprint density at radius 1 is 0.829 bits per heavy atom. The van der Waals surface area contributed by atoms with Gasteiger partial charge in [0.25, 0.3) is 5.91 Å². The molecule has 2 aromatic rings. The number of likely N-dealkylation sites (tertiary alicyclic amines) is 1. The molecule has 3 heterocycles. The van der Waals surface area contributed by atoms with Crippen molar-refractivity contribution >= 4 is 17.7 Å². The highest BCUT2D eigenvalue weighted by atomic mass is 16.2. The molecule has 6 rings (SSSR count). The van der Waals surface area contributed by atoms with Crippen molar-refractivity contribution in [1.82, 2.24) is 15.1 Å². The smallest absolute Gasteiger partial charge is 0.255 e. The molecule has 4 aliphatic rings. The summed E-state index contributed by atoms with van der Waals surface area (Å²) < 4.78 is 0. The van der Waals surface area contributed by atoms with E-state index < -0.39 is 6.04 Å². The quantitative estimate of drug-likeness (QED) is 0.667. The maximum atomic E-state index is 13.0. The van der Waals surface area contributed by atoms with E-state index in [1.165, 1.54) is 36.0 Å². The first kappa shape index (κ1) is 22.5. The van der Waals surface area contributed by atoms with Gasteiger partial charge in [-0.2, -0.15) is 0 Å². The number of rotatable bonds is 5. The van der Waals surface area contributed by atoms with Crippen LogP contribution in [0.5, 0.6) is 0 Å². The minimum absolute atomic E-state index is 0.0980. The zero-order valence-corrected chi connectivity index (χ0v) is 20.2. The number of benzene rings is 2. The third-order valence-electron chi connectivity index (χ3n) is 8.57. The van der Waals surface area contributed by atoms with Crippen molar-refractivity contribution in [2.24, 2.45) is 0 Å². The van der Waals surface area contributed by atoms with Gasteiger partial charge in [0.05, 0.1) is 0 Å². The minimum atomic E-state index is -0.554. The number of amides is 3. The van der Waals surface area contributed by atoms with Gasteiger partial charge in [-0.1, -0.05) is 42.8 Å². The molecule has 6 heteroatoms. The first-order chi connectivity index (χ1) is 17.0. The summed E-state index contributed by atoms with van der Waals surface area (Å²) in [6, 6.07) is 14.9. The van der Waals surface area contributed by atoms with E-state index in [9.17, 15) is 14.4 Å². The largest absolute Gasteiger partial charge is 0.322 e. The van der Waals surface area contributed by atoms with Crippen LogP contribution in [-0.2, 0) is 22.7 Å². The van der Waals surface area contributed by atoms with Crippen molar-refractivity contribution in [2.45, 2.75) is 75.9 Å². The first-order valence-corrected chi connectivity index (χ1v) is 13.1. The molecular formula is C29H33N3O3. The van der Waals surface area contributed by atoms with Crippen LogP contribution in [0.25, 0.3) is 0 Å². The number of carbonyl (C=O) groups excluding carboxylic acids is 3. The van der Waals surface area contributed by atoms with Gasteiger partial charge in [-0.05, 0) is 85.3 Å². The van der Waals surface area contributed by atoms with E-state index in [1.54, 1.807) is 4.90 Å². The summed E-state index contributed by atoms with van der Waals surface area (Å²) in [7, 11) is 0. The maximum absolute atomic E-state index is 13.0. The molecule has 2 saturated heterocycles. The van der Waals surface area contributed by atoms with Gasteiger partial charge >= 0.3 is 0 Å². The summed E-state index contributed by atoms with van der Waals surface area (Å²) in [6.07, 6.45) is 6.98. The molecule has 3 amide bonds. The normalized spacial score (nSPS) is 23.8. The predicted molar refractivity (Wildman–Crippen MR) is 133 cm³/mol. The number of fused-ring (bicyclic) bond motifs is 1. The molecule has 0 aromatic heterocycles. The van der Waals surface area contributed by atoms with Gasteiger partial charge in [-0.25, -0.2) is 0 Å². The fraction of sp³-hybridized carbons (Fsp3) is 0.483. The minimum Gasteiger partial charge on any atom is -0.322 e. The summed E-state index contributed by atoms with van der Waals surface area (Å²) in [5.41, 5.74) is 5.90. The van der Waals surface area contributed by atoms with Gasteiger partial charge in [0, 0.05) is 25.1 Å². The average molecular weight is 472 g/mol. The Morgan fingerprint density at radius 2 is 1.54 bits per heavy atom. The Morgan fingerprint density at radius 3 is 2.23 bits per heavy atom. The molecule has 0 bridgehead atoms. The highest BCUT2D eigenvalue weighted by Gasteiger charge is 2.39. The predicted octanol–water partition coefficient (Wildman–Crippen LogP) is 4.09. The number of nitrogens with zero attached hydrogens (tertiary/aromatic N) is 2. The number of piperidine rings is 2. The van der Waals surface area contributed by atoms with E-state index >= 15 is 0 Å². The highest BCUT2D eigenvalue weighted by molar-refractivity contribution is 6.05. The second-order valence-corrected chi connectivity index (χ2v) is 10.7. The summed E-state index contributed by atoms with van der Waals surface area (Å²) >= 11 is 0. The van der Waals surface area contributed by atoms with Crippen molar-refractivity contribution in [1.29, 1.82) is 0 Å². The Bertz CT molecular complexity index is 1150. The SMILES string of the molecule is O=C1CCC(N2Cc3cc(C4CCN(Cc5ccc(C6CCC6)cc5)CC4)ccc3C2=O)C(=O)N1. The molecule has 3 fully saturated rings. The van der Waals surface area contributed by atoms with Crippen molar-refractivity contribution < 1.29 is 14.4 Å². The lowest BCUT2D eigenvalue weighted by molar-refractivity contribution is -0.136. The molecule has 1 saturated carbocycles. The van der Waals surface area contributed by atoms with Crippen molar-refractivity contribution in [3.8, 4) is 0 Å². The average Bonchev–Trinajstić information content (AvgIpc) is 3.15. The third kappa shape index (κ3) is 4.40. The van der Waals surface area contributed by atoms with Gasteiger partial charge in [-0.3, -0.25) is 24.6 Å². The lowest BCUT2D eigenvalue weighted by Gasteiger charge is -2.32. The van der Waals surface area contributed by atoms with Crippen molar-refractivity contribution in [3.05, 3.63) is 70.3 Å². The molecule has 1 aliphatic carbocycles. The molecule has 2 aromatic carbocycles. The number of carbonyl (C=O) groups is 3. The zero-order valence-electron chi connectivity index (χ0n) is 20.2. The molecule has 1 atom stereocenters. The van der Waals surface area contributed by atoms with Crippen molar-refractivity contribution in [3.63, 3.8) is 0 Å². The van der Waals surface area contributed by atoms with Gasteiger partial charge in [0.1, 0.15) is 6.04 Å². The Balaban J connectivity index is 1.06. The fourth-order valence-corrected chi connectivity index (χ4v) is 6.17. The van der Waals surface area contributed by atoms with Crippen LogP contribution in [-0.4, -0.2) is 46.7 Å². The van der Waals surface area contributed by atoms with Gasteiger partial charge in [0.15, 0.2) is 0 Å². The monoisotopic (exact) mass is 471 g/mol. The van der Waals surface area contributed by atoms with E-state index in [0.29, 0.717) is 24.4 Å². The van der Waals surface area contributed by atoms with Crippen LogP contribution in [0.3, 0.4) is 0 Å². The molecule has 3 aliphatic heterocycles. The highest BCUT2D eigenvalue weighted by Crippen LogP contribution is 2.37. The van der Waals surface area contributed by atoms with Gasteiger partial charge < -0.3 is 4.90 Å². The van der Waals surface area contributed by atoms with E-state index in [0.717, 1.165) is 44.0 Å². The summed E-state index contributed by atoms with van der Waals surface area (Å²) in [5.74, 6) is 0.581. The van der Waals surface area contributed by atoms with E-state index in [-0.39, 0.29) is 24.1 Å². The van der Waals surface area contributed by atoms with Crippen LogP contribution >= 0.6 is 0 Å². The molecule has 0 radical (unpaired) electrons. The summed E-state index contributed by atoms with van der Waals surface area (Å²) in [4.78, 5) is 40.9. The molecule has 182 valence electrons. The molecule has 35 heavy (non-hydrogen) atoms. The summed E-state index contributed by atoms with van der Waals surface area (Å²) in [5, 5.41) is 2.37. The molecular weight excluding hydrogens is 438 g/mol. The number of imide groups is 1. The molecule has 6 nitrogen and oxygen atoms in total. The van der Waals surface area contributed by atoms with Gasteiger partial charge in [-0.15, -0.1) is 0 Å². The van der Waals surface area contributed by atoms with E-state index in [1.807, 2.05) is 6.07 Å². The van der Waals surface area contributed by atoms with E-state index in [4.69, 9.17) is 0 Å². The zero-order chi connectivity index (χ0) is 23.9. The maximum Gasteiger partial charge on any atom is 0.255 e. The lowest BCUT2D eigenvalue weighted by atomic mass is 9.80. The Labute approximate surface area is 206 Å². The fourth-order valence-electron chi connectivity index (χ4n) is 6.17. The molecule has 1 unspecified atom stereocenters. The standard InChI is InChI=1S/C29H33N3O3/c33-27-11-10-26(28(34)30-27)32-18-24-16-23(8-9-25(24)29(32)35)22-12-14-31(15-13-22)17-19-4-6-21(7-5-19)20-2-1-3-20/h4-9,16,20,22,26H,1-3,10-15,17-18H2,(H,30,33,34). The summed E-state index contributed by atoms with van der Waals surface area (Å²) in [6.45, 7) is 3.61. The van der Waals surface area contributed by atoms with Crippen LogP contribution in [0, 0.1) is 0 Å². The van der Waals surface area contributed by atoms with Crippen LogP contribution in [0.1, 0.15) is 89.4 Å². The number of nitrogens with one attached hydrogen (secondary N) is 1. The van der Waals surface area contributed by atoms with Crippen LogP contribution in [0.15, 0.2) is 42.5 Å². The molecule has 0 spiro atoms. The number of hydrogen-bond acceptors (Lipinski definition) is 4. The second-order valence-electron chi connectivity index (χ2n) is 10.7. The van der Waals surface area contributed by atoms with Crippen LogP contribution in [0.2, 0.25) is 0 Å². The molecule has 1 N–H and O–H groups in total. The first-order valence-electron chi connectivity index (χ1n) is 13.1. The Kier molecular flexibility index (Phi) is 5.93. The second kappa shape index (κ2) is 9.23. The van der Waals surface area contributed by atoms with Crippen LogP contribution in [0.4, 0.5) is 0 Å². The van der Waals surface area contributed by atoms with Crippen LogP contribution < -0.4 is 5.32 Å². The number of hydrogen-bond donors (Lipinski definition) is 1. The van der Waals surface area contributed by atoms with Gasteiger partial charge in [0.2, 0.25) is 11.8 Å². The van der Waals surface area contributed by atoms with E-state index in [2.05, 4.69) is 46.6 Å². The Hall–Kier alpha value is -2.99.